The van der Waals surface area contributed by atoms with Crippen molar-refractivity contribution in [1.29, 1.82) is 0 Å². The van der Waals surface area contributed by atoms with Gasteiger partial charge in [-0.25, -0.2) is 9.18 Å². The van der Waals surface area contributed by atoms with Crippen molar-refractivity contribution >= 4 is 12.0 Å². The molecule has 31 heavy (non-hydrogen) atoms. The average Bonchev–Trinajstić information content (AvgIpc) is 2.98. The number of aromatic nitrogens is 1. The Kier molecular flexibility index (Phi) is 6.95. The number of esters is 1. The zero-order valence-electron chi connectivity index (χ0n) is 18.9. The van der Waals surface area contributed by atoms with Gasteiger partial charge in [0.15, 0.2) is 5.60 Å². The Morgan fingerprint density at radius 2 is 1.90 bits per heavy atom. The monoisotopic (exact) mass is 425 g/mol. The van der Waals surface area contributed by atoms with Gasteiger partial charge in [-0.15, -0.1) is 0 Å². The molecule has 0 spiro atoms. The maximum Gasteiger partial charge on any atom is 0.338 e. The lowest BCUT2D eigenvalue weighted by Crippen LogP contribution is -2.52. The minimum absolute atomic E-state index is 0.00916. The average molecular weight is 426 g/mol. The summed E-state index contributed by atoms with van der Waals surface area (Å²) >= 11 is 0. The molecule has 0 amide bonds. The molecule has 0 radical (unpaired) electrons. The first-order chi connectivity index (χ1) is 14.8. The van der Waals surface area contributed by atoms with Crippen LogP contribution < -0.4 is 0 Å². The van der Waals surface area contributed by atoms with Crippen molar-refractivity contribution < 1.29 is 19.0 Å². The summed E-state index contributed by atoms with van der Waals surface area (Å²) < 4.78 is 18.8. The lowest BCUT2D eigenvalue weighted by Gasteiger charge is -2.44. The number of carbonyl (C=O) groups excluding carboxylic acids is 1. The molecule has 6 atom stereocenters. The zero-order valence-corrected chi connectivity index (χ0v) is 18.9. The van der Waals surface area contributed by atoms with Crippen molar-refractivity contribution in [2.24, 2.45) is 23.7 Å². The number of cyclic esters (lactones) is 1. The normalized spacial score (nSPS) is 32.2. The van der Waals surface area contributed by atoms with E-state index in [-0.39, 0.29) is 29.7 Å². The molecular weight excluding hydrogens is 393 g/mol. The molecule has 4 nitrogen and oxygen atoms in total. The highest BCUT2D eigenvalue weighted by Crippen LogP contribution is 2.51. The molecule has 6 unspecified atom stereocenters. The summed E-state index contributed by atoms with van der Waals surface area (Å²) in [6.07, 6.45) is 5.83. The first-order valence-electron chi connectivity index (χ1n) is 11.1. The number of rotatable bonds is 3. The number of ether oxygens (including phenoxy) is 1. The Morgan fingerprint density at radius 3 is 2.55 bits per heavy atom. The number of carbonyl (C=O) groups is 1. The number of halogens is 1. The number of fused-ring (bicyclic) bond motifs is 1. The zero-order chi connectivity index (χ0) is 22.8. The third kappa shape index (κ3) is 4.42. The maximum atomic E-state index is 13.4. The summed E-state index contributed by atoms with van der Waals surface area (Å²) in [6, 6.07) is 10.2. The predicted molar refractivity (Wildman–Crippen MR) is 120 cm³/mol. The van der Waals surface area contributed by atoms with E-state index in [0.717, 1.165) is 16.8 Å². The molecule has 2 fully saturated rings. The lowest BCUT2D eigenvalue weighted by molar-refractivity contribution is -0.160. The van der Waals surface area contributed by atoms with E-state index in [1.807, 2.05) is 45.0 Å². The van der Waals surface area contributed by atoms with Gasteiger partial charge in [0.05, 0.1) is 5.69 Å². The number of hydrogen-bond acceptors (Lipinski definition) is 4. The van der Waals surface area contributed by atoms with Crippen molar-refractivity contribution in [3.63, 3.8) is 0 Å². The van der Waals surface area contributed by atoms with Gasteiger partial charge >= 0.3 is 5.97 Å². The molecule has 2 aliphatic rings. The third-order valence-electron chi connectivity index (χ3n) is 6.69. The third-order valence-corrected chi connectivity index (χ3v) is 6.69. The van der Waals surface area contributed by atoms with Gasteiger partial charge < -0.3 is 9.84 Å². The van der Waals surface area contributed by atoms with Gasteiger partial charge in [0.2, 0.25) is 0 Å². The van der Waals surface area contributed by atoms with Crippen LogP contribution in [0.3, 0.4) is 0 Å². The number of allylic oxidation sites excluding steroid dienone is 1. The van der Waals surface area contributed by atoms with E-state index in [9.17, 15) is 14.3 Å². The second kappa shape index (κ2) is 9.31. The van der Waals surface area contributed by atoms with Crippen molar-refractivity contribution in [2.45, 2.75) is 52.7 Å². The maximum absolute atomic E-state index is 13.4. The molecule has 166 valence electrons. The van der Waals surface area contributed by atoms with E-state index in [2.05, 4.69) is 24.9 Å². The van der Waals surface area contributed by atoms with E-state index >= 15 is 0 Å². The first kappa shape index (κ1) is 23.1. The lowest BCUT2D eigenvalue weighted by atomic mass is 9.60. The van der Waals surface area contributed by atoms with E-state index in [0.29, 0.717) is 12.3 Å². The molecule has 1 N–H and O–H groups in total. The Balaban J connectivity index is 0.00000132. The van der Waals surface area contributed by atoms with E-state index < -0.39 is 11.6 Å². The molecular formula is C26H32FNO3. The molecule has 4 rings (SSSR count). The van der Waals surface area contributed by atoms with Crippen LogP contribution in [0.15, 0.2) is 48.7 Å². The van der Waals surface area contributed by atoms with E-state index in [1.54, 1.807) is 12.3 Å². The molecule has 1 aliphatic heterocycles. The van der Waals surface area contributed by atoms with Gasteiger partial charge in [-0.3, -0.25) is 4.98 Å². The molecule has 5 heteroatoms. The van der Waals surface area contributed by atoms with Gasteiger partial charge in [-0.2, -0.15) is 0 Å². The minimum atomic E-state index is -1.41. The van der Waals surface area contributed by atoms with Crippen LogP contribution in [0.4, 0.5) is 4.39 Å². The number of aliphatic hydroxyl groups is 1. The summed E-state index contributed by atoms with van der Waals surface area (Å²) in [5, 5.41) is 11.0. The fourth-order valence-electron chi connectivity index (χ4n) is 4.95. The molecule has 0 bridgehead atoms. The van der Waals surface area contributed by atoms with Crippen LogP contribution in [-0.2, 0) is 9.53 Å². The topological polar surface area (TPSA) is 59.4 Å². The minimum Gasteiger partial charge on any atom is -0.460 e. The first-order valence-corrected chi connectivity index (χ1v) is 11.1. The second-order valence-corrected chi connectivity index (χ2v) is 8.52. The summed E-state index contributed by atoms with van der Waals surface area (Å²) in [5.74, 6) is -0.516. The molecule has 1 aromatic heterocycles. The molecule has 1 aliphatic carbocycles. The smallest absolute Gasteiger partial charge is 0.338 e. The Labute approximate surface area is 184 Å². The number of hydrogen-bond donors (Lipinski definition) is 1. The van der Waals surface area contributed by atoms with E-state index in [4.69, 9.17) is 4.74 Å². The van der Waals surface area contributed by atoms with Crippen LogP contribution in [0, 0.1) is 29.5 Å². The van der Waals surface area contributed by atoms with Crippen LogP contribution >= 0.6 is 0 Å². The van der Waals surface area contributed by atoms with Crippen LogP contribution in [0.1, 0.15) is 46.7 Å². The van der Waals surface area contributed by atoms with E-state index in [1.165, 1.54) is 12.1 Å². The molecule has 1 saturated carbocycles. The highest BCUT2D eigenvalue weighted by atomic mass is 19.1. The fourth-order valence-corrected chi connectivity index (χ4v) is 4.95. The van der Waals surface area contributed by atoms with Crippen LogP contribution in [0.2, 0.25) is 0 Å². The Morgan fingerprint density at radius 1 is 1.16 bits per heavy atom. The standard InChI is InChI=1S/C24H26FNO3.C2H6/c1-14-12-24(28)22(16(3)29-23(24)27)21(15(14)2)10-9-20-8-7-18(13-26-20)17-5-4-6-19(25)11-17;1-2/h4-11,13-16,21-22,28H,12H2,1-3H3;1-2H3/b10-9+;. The molecule has 1 aromatic carbocycles. The summed E-state index contributed by atoms with van der Waals surface area (Å²) in [4.78, 5) is 16.8. The largest absolute Gasteiger partial charge is 0.460 e. The number of benzene rings is 1. The molecule has 2 heterocycles. The van der Waals surface area contributed by atoms with Gasteiger partial charge in [-0.05, 0) is 60.9 Å². The highest BCUT2D eigenvalue weighted by molar-refractivity contribution is 5.82. The van der Waals surface area contributed by atoms with Crippen LogP contribution in [0.25, 0.3) is 17.2 Å². The number of nitrogens with zero attached hydrogens (tertiary/aromatic N) is 1. The van der Waals surface area contributed by atoms with Crippen molar-refractivity contribution in [2.75, 3.05) is 0 Å². The second-order valence-electron chi connectivity index (χ2n) is 8.52. The quantitative estimate of drug-likeness (QED) is 0.659. The molecule has 2 aromatic rings. The Hall–Kier alpha value is -2.53. The van der Waals surface area contributed by atoms with Crippen LogP contribution in [0.5, 0.6) is 0 Å². The van der Waals surface area contributed by atoms with Crippen molar-refractivity contribution in [3.05, 3.63) is 60.2 Å². The summed E-state index contributed by atoms with van der Waals surface area (Å²) in [6.45, 7) is 10.1. The molecule has 1 saturated heterocycles. The highest BCUT2D eigenvalue weighted by Gasteiger charge is 2.61. The summed E-state index contributed by atoms with van der Waals surface area (Å²) in [5.41, 5.74) is 0.994. The van der Waals surface area contributed by atoms with Crippen molar-refractivity contribution in [3.8, 4) is 11.1 Å². The van der Waals surface area contributed by atoms with Gasteiger partial charge in [0.1, 0.15) is 11.9 Å². The number of pyridine rings is 1. The SMILES string of the molecule is CC.CC1CC2(O)C(=O)OC(C)C2C(/C=C/c2ccc(-c3cccc(F)c3)cn2)C1C. The van der Waals surface area contributed by atoms with Gasteiger partial charge in [0.25, 0.3) is 0 Å². The fraction of sp³-hybridized carbons (Fsp3) is 0.462. The van der Waals surface area contributed by atoms with Crippen molar-refractivity contribution in [1.82, 2.24) is 4.98 Å². The van der Waals surface area contributed by atoms with Crippen LogP contribution in [-0.4, -0.2) is 27.8 Å². The van der Waals surface area contributed by atoms with Gasteiger partial charge in [0, 0.05) is 17.7 Å². The Bertz CT molecular complexity index is 942. The van der Waals surface area contributed by atoms with Gasteiger partial charge in [-0.1, -0.05) is 52.0 Å². The predicted octanol–water partition coefficient (Wildman–Crippen LogP) is 5.51. The summed E-state index contributed by atoms with van der Waals surface area (Å²) in [7, 11) is 0.